The third-order valence-electron chi connectivity index (χ3n) is 3.07. The third-order valence-corrected chi connectivity index (χ3v) is 3.07. The summed E-state index contributed by atoms with van der Waals surface area (Å²) in [6, 6.07) is 0.163. The lowest BCUT2D eigenvalue weighted by Gasteiger charge is -2.34. The predicted molar refractivity (Wildman–Crippen MR) is 78.8 cm³/mol. The number of aromatic nitrogens is 3. The molecule has 118 valence electrons. The molecular formula is C13H23N5O3. The quantitative estimate of drug-likeness (QED) is 0.742. The van der Waals surface area contributed by atoms with E-state index in [1.165, 1.54) is 0 Å². The molecule has 1 aromatic rings. The van der Waals surface area contributed by atoms with Crippen LogP contribution < -0.4 is 15.0 Å². The maximum Gasteiger partial charge on any atom is 0.323 e. The summed E-state index contributed by atoms with van der Waals surface area (Å²) in [5, 5.41) is 12.5. The van der Waals surface area contributed by atoms with Crippen LogP contribution in [0.1, 0.15) is 20.3 Å². The molecule has 2 rings (SSSR count). The van der Waals surface area contributed by atoms with Gasteiger partial charge >= 0.3 is 6.01 Å². The minimum absolute atomic E-state index is 0.00657. The van der Waals surface area contributed by atoms with Crippen LogP contribution in [0.5, 0.6) is 6.01 Å². The SMILES string of the molecule is CCCOc1nc(NCC)nc(N2CCOCC2CO)n1. The molecule has 1 saturated heterocycles. The van der Waals surface area contributed by atoms with E-state index in [1.54, 1.807) is 0 Å². The standard InChI is InChI=1S/C13H23N5O3/c1-3-6-21-13-16-11(14-4-2)15-12(17-13)18-5-7-20-9-10(18)8-19/h10,19H,3-9H2,1-2H3,(H,14,15,16,17). The van der Waals surface area contributed by atoms with Crippen molar-refractivity contribution in [1.82, 2.24) is 15.0 Å². The first-order chi connectivity index (χ1) is 10.3. The average Bonchev–Trinajstić information content (AvgIpc) is 2.53. The maximum atomic E-state index is 9.47. The fraction of sp³-hybridized carbons (Fsp3) is 0.769. The largest absolute Gasteiger partial charge is 0.463 e. The number of aliphatic hydroxyl groups is 1. The van der Waals surface area contributed by atoms with E-state index >= 15 is 0 Å². The van der Waals surface area contributed by atoms with Crippen molar-refractivity contribution < 1.29 is 14.6 Å². The molecule has 2 heterocycles. The summed E-state index contributed by atoms with van der Waals surface area (Å²) in [4.78, 5) is 14.9. The molecule has 1 atom stereocenters. The molecule has 0 spiro atoms. The van der Waals surface area contributed by atoms with Crippen molar-refractivity contribution in [2.24, 2.45) is 0 Å². The Morgan fingerprint density at radius 1 is 1.38 bits per heavy atom. The molecular weight excluding hydrogens is 274 g/mol. The van der Waals surface area contributed by atoms with E-state index in [9.17, 15) is 5.11 Å². The van der Waals surface area contributed by atoms with E-state index in [-0.39, 0.29) is 12.6 Å². The van der Waals surface area contributed by atoms with Gasteiger partial charge in [0.25, 0.3) is 0 Å². The maximum absolute atomic E-state index is 9.47. The number of morpholine rings is 1. The summed E-state index contributed by atoms with van der Waals surface area (Å²) in [6.45, 7) is 6.94. The average molecular weight is 297 g/mol. The zero-order valence-corrected chi connectivity index (χ0v) is 12.6. The number of ether oxygens (including phenoxy) is 2. The van der Waals surface area contributed by atoms with Crippen molar-refractivity contribution in [3.05, 3.63) is 0 Å². The van der Waals surface area contributed by atoms with Crippen LogP contribution in [-0.2, 0) is 4.74 Å². The third kappa shape index (κ3) is 4.15. The molecule has 2 N–H and O–H groups in total. The number of nitrogens with one attached hydrogen (secondary N) is 1. The second-order valence-electron chi connectivity index (χ2n) is 4.73. The second-order valence-corrected chi connectivity index (χ2v) is 4.73. The van der Waals surface area contributed by atoms with Crippen molar-refractivity contribution in [1.29, 1.82) is 0 Å². The van der Waals surface area contributed by atoms with Gasteiger partial charge in [-0.25, -0.2) is 0 Å². The Kier molecular flexibility index (Phi) is 5.94. The Labute approximate surface area is 124 Å². The van der Waals surface area contributed by atoms with Crippen molar-refractivity contribution in [3.8, 4) is 6.01 Å². The van der Waals surface area contributed by atoms with Crippen LogP contribution >= 0.6 is 0 Å². The van der Waals surface area contributed by atoms with Gasteiger partial charge in [0, 0.05) is 13.1 Å². The Morgan fingerprint density at radius 3 is 2.95 bits per heavy atom. The van der Waals surface area contributed by atoms with Crippen LogP contribution in [0.2, 0.25) is 0 Å². The highest BCUT2D eigenvalue weighted by Gasteiger charge is 2.25. The minimum Gasteiger partial charge on any atom is -0.463 e. The molecule has 0 saturated carbocycles. The van der Waals surface area contributed by atoms with Gasteiger partial charge in [0.2, 0.25) is 11.9 Å². The number of aliphatic hydroxyl groups excluding tert-OH is 1. The van der Waals surface area contributed by atoms with Crippen LogP contribution in [0.3, 0.4) is 0 Å². The summed E-state index contributed by atoms with van der Waals surface area (Å²) in [6.07, 6.45) is 0.883. The molecule has 21 heavy (non-hydrogen) atoms. The van der Waals surface area contributed by atoms with E-state index in [0.717, 1.165) is 6.42 Å². The summed E-state index contributed by atoms with van der Waals surface area (Å²) in [5.74, 6) is 0.992. The topological polar surface area (TPSA) is 92.6 Å². The smallest absolute Gasteiger partial charge is 0.323 e. The molecule has 1 unspecified atom stereocenters. The van der Waals surface area contributed by atoms with Crippen LogP contribution in [0.25, 0.3) is 0 Å². The second kappa shape index (κ2) is 7.94. The van der Waals surface area contributed by atoms with Crippen LogP contribution in [0.4, 0.5) is 11.9 Å². The summed E-state index contributed by atoms with van der Waals surface area (Å²) >= 11 is 0. The van der Waals surface area contributed by atoms with E-state index < -0.39 is 0 Å². The van der Waals surface area contributed by atoms with Gasteiger partial charge in [0.1, 0.15) is 0 Å². The molecule has 8 heteroatoms. The minimum atomic E-state index is -0.144. The molecule has 0 aliphatic carbocycles. The summed E-state index contributed by atoms with van der Waals surface area (Å²) in [5.41, 5.74) is 0. The van der Waals surface area contributed by atoms with Crippen LogP contribution in [-0.4, -0.2) is 65.6 Å². The lowest BCUT2D eigenvalue weighted by atomic mass is 10.2. The van der Waals surface area contributed by atoms with Gasteiger partial charge in [-0.1, -0.05) is 6.92 Å². The van der Waals surface area contributed by atoms with Crippen molar-refractivity contribution in [3.63, 3.8) is 0 Å². The molecule has 8 nitrogen and oxygen atoms in total. The first kappa shape index (κ1) is 15.7. The molecule has 1 aromatic heterocycles. The molecule has 0 radical (unpaired) electrons. The number of hydrogen-bond donors (Lipinski definition) is 2. The highest BCUT2D eigenvalue weighted by Crippen LogP contribution is 2.19. The predicted octanol–water partition coefficient (Wildman–Crippen LogP) is 0.290. The van der Waals surface area contributed by atoms with E-state index in [2.05, 4.69) is 20.3 Å². The zero-order chi connectivity index (χ0) is 15.1. The van der Waals surface area contributed by atoms with Gasteiger partial charge in [-0.15, -0.1) is 0 Å². The lowest BCUT2D eigenvalue weighted by molar-refractivity contribution is 0.0717. The fourth-order valence-electron chi connectivity index (χ4n) is 2.04. The van der Waals surface area contributed by atoms with Gasteiger partial charge in [-0.05, 0) is 13.3 Å². The highest BCUT2D eigenvalue weighted by molar-refractivity contribution is 5.40. The van der Waals surface area contributed by atoms with Crippen molar-refractivity contribution in [2.75, 3.05) is 49.7 Å². The molecule has 1 fully saturated rings. The van der Waals surface area contributed by atoms with Gasteiger partial charge in [-0.3, -0.25) is 0 Å². The summed E-state index contributed by atoms with van der Waals surface area (Å²) in [7, 11) is 0. The van der Waals surface area contributed by atoms with Crippen molar-refractivity contribution in [2.45, 2.75) is 26.3 Å². The normalized spacial score (nSPS) is 18.6. The van der Waals surface area contributed by atoms with E-state index in [1.807, 2.05) is 18.7 Å². The number of anilines is 2. The number of nitrogens with zero attached hydrogens (tertiary/aromatic N) is 4. The molecule has 0 bridgehead atoms. The Morgan fingerprint density at radius 2 is 2.24 bits per heavy atom. The van der Waals surface area contributed by atoms with Gasteiger partial charge < -0.3 is 24.8 Å². The van der Waals surface area contributed by atoms with Crippen molar-refractivity contribution >= 4 is 11.9 Å². The summed E-state index contributed by atoms with van der Waals surface area (Å²) < 4.78 is 10.9. The molecule has 1 aliphatic rings. The van der Waals surface area contributed by atoms with Gasteiger partial charge in [0.05, 0.1) is 32.5 Å². The highest BCUT2D eigenvalue weighted by atomic mass is 16.5. The Balaban J connectivity index is 2.24. The monoisotopic (exact) mass is 297 g/mol. The lowest BCUT2D eigenvalue weighted by Crippen LogP contribution is -2.48. The Bertz CT molecular complexity index is 446. The van der Waals surface area contributed by atoms with E-state index in [4.69, 9.17) is 9.47 Å². The van der Waals surface area contributed by atoms with Gasteiger partial charge in [0.15, 0.2) is 0 Å². The van der Waals surface area contributed by atoms with Gasteiger partial charge in [-0.2, -0.15) is 15.0 Å². The van der Waals surface area contributed by atoms with Crippen LogP contribution in [0, 0.1) is 0 Å². The first-order valence-electron chi connectivity index (χ1n) is 7.36. The fourth-order valence-corrected chi connectivity index (χ4v) is 2.04. The molecule has 1 aliphatic heterocycles. The Hall–Kier alpha value is -1.67. The molecule has 0 amide bonds. The zero-order valence-electron chi connectivity index (χ0n) is 12.6. The van der Waals surface area contributed by atoms with E-state index in [0.29, 0.717) is 50.8 Å². The number of rotatable bonds is 7. The van der Waals surface area contributed by atoms with Crippen LogP contribution in [0.15, 0.2) is 0 Å². The first-order valence-corrected chi connectivity index (χ1v) is 7.36. The molecule has 0 aromatic carbocycles. The number of hydrogen-bond acceptors (Lipinski definition) is 8.